The minimum absolute atomic E-state index is 0.0563. The zero-order chi connectivity index (χ0) is 24.0. The number of nitrogens with zero attached hydrogens (tertiary/aromatic N) is 5. The maximum Gasteiger partial charge on any atom is 0.471 e. The second-order valence-electron chi connectivity index (χ2n) is 8.73. The third kappa shape index (κ3) is 4.08. The van der Waals surface area contributed by atoms with Gasteiger partial charge in [0.2, 0.25) is 0 Å². The number of hydrogen-bond acceptors (Lipinski definition) is 6. The fourth-order valence-corrected chi connectivity index (χ4v) is 4.86. The topological polar surface area (TPSA) is 72.8 Å². The van der Waals surface area contributed by atoms with Gasteiger partial charge in [-0.1, -0.05) is 30.3 Å². The van der Waals surface area contributed by atoms with Gasteiger partial charge in [-0.2, -0.15) is 23.1 Å². The Morgan fingerprint density at radius 3 is 2.47 bits per heavy atom. The summed E-state index contributed by atoms with van der Waals surface area (Å²) in [5, 5.41) is 12.5. The number of aromatic hydroxyl groups is 1. The van der Waals surface area contributed by atoms with Crippen LogP contribution in [0.15, 0.2) is 36.4 Å². The summed E-state index contributed by atoms with van der Waals surface area (Å²) in [5.41, 5.74) is 3.84. The molecule has 3 heterocycles. The molecular formula is C24H24F3N5O2. The first-order valence-corrected chi connectivity index (χ1v) is 11.1. The number of amides is 1. The number of piperazine rings is 1. The Balaban J connectivity index is 1.40. The smallest absolute Gasteiger partial charge is 0.471 e. The van der Waals surface area contributed by atoms with Crippen LogP contribution in [0.3, 0.4) is 0 Å². The molecule has 1 amide bonds. The number of aryl methyl sites for hydroxylation is 1. The van der Waals surface area contributed by atoms with Crippen molar-refractivity contribution in [1.29, 1.82) is 0 Å². The lowest BCUT2D eigenvalue weighted by molar-refractivity contribution is -0.185. The zero-order valence-electron chi connectivity index (χ0n) is 18.6. The lowest BCUT2D eigenvalue weighted by atomic mass is 10.0. The van der Waals surface area contributed by atoms with E-state index >= 15 is 0 Å². The van der Waals surface area contributed by atoms with Crippen LogP contribution in [0.1, 0.15) is 16.8 Å². The zero-order valence-corrected chi connectivity index (χ0v) is 18.6. The van der Waals surface area contributed by atoms with Gasteiger partial charge in [-0.05, 0) is 30.4 Å². The summed E-state index contributed by atoms with van der Waals surface area (Å²) < 4.78 is 38.3. The Morgan fingerprint density at radius 2 is 1.74 bits per heavy atom. The number of carbonyl (C=O) groups excluding carboxylic acids is 1. The Hall–Kier alpha value is -3.56. The van der Waals surface area contributed by atoms with E-state index in [1.807, 2.05) is 17.0 Å². The van der Waals surface area contributed by atoms with Gasteiger partial charge < -0.3 is 19.8 Å². The third-order valence-corrected chi connectivity index (χ3v) is 6.47. The molecule has 1 saturated heterocycles. The average Bonchev–Trinajstić information content (AvgIpc) is 2.81. The van der Waals surface area contributed by atoms with Crippen molar-refractivity contribution in [1.82, 2.24) is 14.9 Å². The fraction of sp³-hybridized carbons (Fsp3) is 0.375. The van der Waals surface area contributed by atoms with Gasteiger partial charge in [0, 0.05) is 49.4 Å². The van der Waals surface area contributed by atoms with E-state index in [0.717, 1.165) is 32.5 Å². The minimum atomic E-state index is -4.88. The molecular weight excluding hydrogens is 447 g/mol. The quantitative estimate of drug-likeness (QED) is 0.618. The standard InChI is InChI=1S/C24H24F3N5O2/c1-15-12-16-4-2-3-5-17(16)20(13-15)32-7-6-18-19(14-32)28-23(34)29-21(18)30-8-10-31(11-9-30)22(33)24(25,26)27/h2-5,12-13H,6-11,14H2,1H3,(H,28,29,34). The van der Waals surface area contributed by atoms with E-state index in [1.54, 1.807) is 0 Å². The lowest BCUT2D eigenvalue weighted by Crippen LogP contribution is -2.53. The second kappa shape index (κ2) is 8.34. The van der Waals surface area contributed by atoms with E-state index in [9.17, 15) is 23.1 Å². The van der Waals surface area contributed by atoms with Crippen molar-refractivity contribution in [2.24, 2.45) is 0 Å². The minimum Gasteiger partial charge on any atom is -0.479 e. The maximum atomic E-state index is 12.8. The van der Waals surface area contributed by atoms with Gasteiger partial charge in [-0.3, -0.25) is 4.79 Å². The molecule has 0 spiro atoms. The second-order valence-corrected chi connectivity index (χ2v) is 8.73. The molecule has 178 valence electrons. The molecule has 1 aromatic heterocycles. The molecule has 1 fully saturated rings. The van der Waals surface area contributed by atoms with Crippen LogP contribution in [0.5, 0.6) is 6.01 Å². The summed E-state index contributed by atoms with van der Waals surface area (Å²) in [6.45, 7) is 3.56. The number of benzene rings is 2. The number of rotatable bonds is 2. The van der Waals surface area contributed by atoms with E-state index < -0.39 is 12.1 Å². The van der Waals surface area contributed by atoms with E-state index in [-0.39, 0.29) is 32.2 Å². The molecule has 10 heteroatoms. The van der Waals surface area contributed by atoms with Gasteiger partial charge in [0.1, 0.15) is 5.82 Å². The van der Waals surface area contributed by atoms with Gasteiger partial charge in [-0.15, -0.1) is 0 Å². The summed E-state index contributed by atoms with van der Waals surface area (Å²) in [6, 6.07) is 12.1. The summed E-state index contributed by atoms with van der Waals surface area (Å²) >= 11 is 0. The molecule has 7 nitrogen and oxygen atoms in total. The Labute approximate surface area is 194 Å². The van der Waals surface area contributed by atoms with E-state index in [2.05, 4.69) is 46.1 Å². The van der Waals surface area contributed by atoms with Gasteiger partial charge in [-0.25, -0.2) is 0 Å². The van der Waals surface area contributed by atoms with Crippen LogP contribution in [-0.4, -0.2) is 64.8 Å². The normalized spacial score (nSPS) is 16.6. The van der Waals surface area contributed by atoms with Crippen LogP contribution in [0, 0.1) is 6.92 Å². The first kappa shape index (κ1) is 22.2. The monoisotopic (exact) mass is 471 g/mol. The number of aromatic nitrogens is 2. The first-order valence-electron chi connectivity index (χ1n) is 11.1. The molecule has 0 unspecified atom stereocenters. The molecule has 0 aliphatic carbocycles. The molecule has 0 atom stereocenters. The molecule has 34 heavy (non-hydrogen) atoms. The molecule has 3 aromatic rings. The largest absolute Gasteiger partial charge is 0.479 e. The highest BCUT2D eigenvalue weighted by Crippen LogP contribution is 2.35. The van der Waals surface area contributed by atoms with Crippen LogP contribution in [0.4, 0.5) is 24.7 Å². The van der Waals surface area contributed by atoms with Crippen molar-refractivity contribution in [2.45, 2.75) is 26.1 Å². The van der Waals surface area contributed by atoms with Crippen molar-refractivity contribution >= 4 is 28.2 Å². The summed E-state index contributed by atoms with van der Waals surface area (Å²) in [4.78, 5) is 24.9. The Morgan fingerprint density at radius 1 is 1.00 bits per heavy atom. The first-order chi connectivity index (χ1) is 16.2. The van der Waals surface area contributed by atoms with E-state index in [1.165, 1.54) is 0 Å². The molecule has 2 aliphatic rings. The van der Waals surface area contributed by atoms with Crippen molar-refractivity contribution in [3.63, 3.8) is 0 Å². The summed E-state index contributed by atoms with van der Waals surface area (Å²) in [7, 11) is 0. The van der Waals surface area contributed by atoms with Gasteiger partial charge >= 0.3 is 18.1 Å². The van der Waals surface area contributed by atoms with Crippen molar-refractivity contribution in [3.05, 3.63) is 53.2 Å². The SMILES string of the molecule is Cc1cc(N2CCc3c(nc(O)nc3N3CCN(C(=O)C(F)(F)F)CC3)C2)c2ccccc2c1. The highest BCUT2D eigenvalue weighted by atomic mass is 19.4. The summed E-state index contributed by atoms with van der Waals surface area (Å²) in [5.74, 6) is -1.28. The molecule has 0 bridgehead atoms. The number of anilines is 2. The Kier molecular flexibility index (Phi) is 5.45. The number of alkyl halides is 3. The number of carbonyl (C=O) groups is 1. The number of halogens is 3. The van der Waals surface area contributed by atoms with Crippen LogP contribution < -0.4 is 9.80 Å². The molecule has 5 rings (SSSR count). The lowest BCUT2D eigenvalue weighted by Gasteiger charge is -2.38. The van der Waals surface area contributed by atoms with Crippen LogP contribution in [0.2, 0.25) is 0 Å². The van der Waals surface area contributed by atoms with Crippen LogP contribution >= 0.6 is 0 Å². The maximum absolute atomic E-state index is 12.8. The molecule has 0 radical (unpaired) electrons. The van der Waals surface area contributed by atoms with Gasteiger partial charge in [0.15, 0.2) is 0 Å². The van der Waals surface area contributed by atoms with Gasteiger partial charge in [0.05, 0.1) is 12.2 Å². The molecule has 2 aromatic carbocycles. The number of hydrogen-bond donors (Lipinski definition) is 1. The van der Waals surface area contributed by atoms with Crippen molar-refractivity contribution < 1.29 is 23.1 Å². The highest BCUT2D eigenvalue weighted by Gasteiger charge is 2.43. The molecule has 2 aliphatic heterocycles. The predicted octanol–water partition coefficient (Wildman–Crippen LogP) is 3.42. The Bertz CT molecular complexity index is 1260. The number of fused-ring (bicyclic) bond motifs is 2. The van der Waals surface area contributed by atoms with Crippen LogP contribution in [-0.2, 0) is 17.8 Å². The van der Waals surface area contributed by atoms with Crippen molar-refractivity contribution in [3.8, 4) is 6.01 Å². The van der Waals surface area contributed by atoms with E-state index in [0.29, 0.717) is 31.0 Å². The fourth-order valence-electron chi connectivity index (χ4n) is 4.86. The third-order valence-electron chi connectivity index (χ3n) is 6.47. The average molecular weight is 471 g/mol. The van der Waals surface area contributed by atoms with E-state index in [4.69, 9.17) is 0 Å². The molecule has 0 saturated carbocycles. The highest BCUT2D eigenvalue weighted by molar-refractivity contribution is 5.95. The van der Waals surface area contributed by atoms with Crippen molar-refractivity contribution in [2.75, 3.05) is 42.5 Å². The summed E-state index contributed by atoms with van der Waals surface area (Å²) in [6.07, 6.45) is -4.24. The van der Waals surface area contributed by atoms with Gasteiger partial charge in [0.25, 0.3) is 0 Å². The predicted molar refractivity (Wildman–Crippen MR) is 122 cm³/mol. The van der Waals surface area contributed by atoms with Crippen LogP contribution in [0.25, 0.3) is 10.8 Å². The molecule has 1 N–H and O–H groups in total.